The van der Waals surface area contributed by atoms with E-state index in [0.717, 1.165) is 13.1 Å². The molecule has 1 fully saturated rings. The van der Waals surface area contributed by atoms with Crippen LogP contribution < -0.4 is 5.73 Å². The highest BCUT2D eigenvalue weighted by Gasteiger charge is 2.32. The van der Waals surface area contributed by atoms with E-state index >= 15 is 0 Å². The van der Waals surface area contributed by atoms with E-state index in [1.54, 1.807) is 0 Å². The summed E-state index contributed by atoms with van der Waals surface area (Å²) in [4.78, 5) is 0. The zero-order valence-electron chi connectivity index (χ0n) is 8.11. The minimum atomic E-state index is 0.674. The standard InChI is InChI=1S/C10H17N3/c1-2-13-10(5-6-12-13)9-4-3-8(9)7-11/h5-6,8-9H,2-4,7,11H2,1H3. The Labute approximate surface area is 78.9 Å². The van der Waals surface area contributed by atoms with Gasteiger partial charge in [0, 0.05) is 24.4 Å². The zero-order chi connectivity index (χ0) is 9.26. The molecule has 1 saturated carbocycles. The van der Waals surface area contributed by atoms with Gasteiger partial charge in [-0.1, -0.05) is 0 Å². The molecule has 0 saturated heterocycles. The first kappa shape index (κ1) is 8.75. The van der Waals surface area contributed by atoms with Gasteiger partial charge in [-0.2, -0.15) is 5.10 Å². The summed E-state index contributed by atoms with van der Waals surface area (Å²) < 4.78 is 2.09. The minimum absolute atomic E-state index is 0.674. The van der Waals surface area contributed by atoms with Crippen molar-refractivity contribution < 1.29 is 0 Å². The molecular weight excluding hydrogens is 162 g/mol. The fourth-order valence-corrected chi connectivity index (χ4v) is 2.16. The van der Waals surface area contributed by atoms with Gasteiger partial charge in [0.15, 0.2) is 0 Å². The highest BCUT2D eigenvalue weighted by atomic mass is 15.3. The monoisotopic (exact) mass is 179 g/mol. The molecule has 2 rings (SSSR count). The molecule has 0 amide bonds. The second kappa shape index (κ2) is 3.50. The molecule has 0 aromatic carbocycles. The Morgan fingerprint density at radius 3 is 3.00 bits per heavy atom. The fourth-order valence-electron chi connectivity index (χ4n) is 2.16. The van der Waals surface area contributed by atoms with Gasteiger partial charge in [0.1, 0.15) is 0 Å². The van der Waals surface area contributed by atoms with Crippen molar-refractivity contribution in [1.82, 2.24) is 9.78 Å². The molecule has 0 aliphatic heterocycles. The second-order valence-corrected chi connectivity index (χ2v) is 3.75. The molecule has 1 aromatic heterocycles. The molecule has 2 N–H and O–H groups in total. The van der Waals surface area contributed by atoms with Crippen molar-refractivity contribution in [1.29, 1.82) is 0 Å². The van der Waals surface area contributed by atoms with Crippen molar-refractivity contribution in [3.8, 4) is 0 Å². The van der Waals surface area contributed by atoms with Crippen molar-refractivity contribution >= 4 is 0 Å². The van der Waals surface area contributed by atoms with Crippen LogP contribution in [0.4, 0.5) is 0 Å². The van der Waals surface area contributed by atoms with E-state index < -0.39 is 0 Å². The van der Waals surface area contributed by atoms with Crippen LogP contribution in [0.5, 0.6) is 0 Å². The topological polar surface area (TPSA) is 43.8 Å². The van der Waals surface area contributed by atoms with E-state index in [0.29, 0.717) is 11.8 Å². The molecule has 0 radical (unpaired) electrons. The van der Waals surface area contributed by atoms with E-state index in [9.17, 15) is 0 Å². The fraction of sp³-hybridized carbons (Fsp3) is 0.700. The first-order valence-electron chi connectivity index (χ1n) is 5.08. The number of aromatic nitrogens is 2. The van der Waals surface area contributed by atoms with Crippen LogP contribution in [0.1, 0.15) is 31.4 Å². The lowest BCUT2D eigenvalue weighted by atomic mass is 9.72. The van der Waals surface area contributed by atoms with Crippen molar-refractivity contribution in [2.24, 2.45) is 11.7 Å². The van der Waals surface area contributed by atoms with Gasteiger partial charge in [0.2, 0.25) is 0 Å². The highest BCUT2D eigenvalue weighted by Crippen LogP contribution is 2.41. The van der Waals surface area contributed by atoms with Crippen molar-refractivity contribution in [2.45, 2.75) is 32.2 Å². The van der Waals surface area contributed by atoms with Gasteiger partial charge in [-0.05, 0) is 38.3 Å². The SMILES string of the molecule is CCn1nccc1C1CCC1CN. The van der Waals surface area contributed by atoms with Crippen LogP contribution in [0, 0.1) is 5.92 Å². The molecule has 0 spiro atoms. The summed E-state index contributed by atoms with van der Waals surface area (Å²) in [5, 5.41) is 4.28. The molecule has 72 valence electrons. The van der Waals surface area contributed by atoms with Crippen molar-refractivity contribution in [3.05, 3.63) is 18.0 Å². The van der Waals surface area contributed by atoms with Crippen LogP contribution in [0.25, 0.3) is 0 Å². The van der Waals surface area contributed by atoms with Crippen LogP contribution in [0.2, 0.25) is 0 Å². The predicted molar refractivity (Wildman–Crippen MR) is 52.4 cm³/mol. The van der Waals surface area contributed by atoms with Gasteiger partial charge >= 0.3 is 0 Å². The lowest BCUT2D eigenvalue weighted by Crippen LogP contribution is -2.32. The van der Waals surface area contributed by atoms with E-state index in [1.807, 2.05) is 6.20 Å². The first-order valence-corrected chi connectivity index (χ1v) is 5.08. The van der Waals surface area contributed by atoms with E-state index in [4.69, 9.17) is 5.73 Å². The van der Waals surface area contributed by atoms with Gasteiger partial charge in [-0.15, -0.1) is 0 Å². The van der Waals surface area contributed by atoms with Crippen LogP contribution in [-0.2, 0) is 6.54 Å². The van der Waals surface area contributed by atoms with Crippen LogP contribution >= 0.6 is 0 Å². The third-order valence-electron chi connectivity index (χ3n) is 3.15. The second-order valence-electron chi connectivity index (χ2n) is 3.75. The quantitative estimate of drug-likeness (QED) is 0.761. The highest BCUT2D eigenvalue weighted by molar-refractivity contribution is 5.13. The maximum absolute atomic E-state index is 5.69. The first-order chi connectivity index (χ1) is 6.36. The predicted octanol–water partition coefficient (Wildman–Crippen LogP) is 1.36. The summed E-state index contributed by atoms with van der Waals surface area (Å²) in [6, 6.07) is 2.13. The van der Waals surface area contributed by atoms with E-state index in [1.165, 1.54) is 18.5 Å². The smallest absolute Gasteiger partial charge is 0.0492 e. The number of hydrogen-bond donors (Lipinski definition) is 1. The Bertz CT molecular complexity index is 277. The summed E-state index contributed by atoms with van der Waals surface area (Å²) in [5.41, 5.74) is 7.07. The average Bonchev–Trinajstić information content (AvgIpc) is 2.51. The van der Waals surface area contributed by atoms with Gasteiger partial charge in [-0.25, -0.2) is 0 Å². The number of aryl methyl sites for hydroxylation is 1. The number of nitrogens with two attached hydrogens (primary N) is 1. The lowest BCUT2D eigenvalue weighted by Gasteiger charge is -2.35. The molecule has 0 bridgehead atoms. The summed E-state index contributed by atoms with van der Waals surface area (Å²) >= 11 is 0. The molecule has 2 atom stereocenters. The third kappa shape index (κ3) is 1.37. The molecular formula is C10H17N3. The molecule has 1 aliphatic rings. The molecule has 1 aliphatic carbocycles. The normalized spacial score (nSPS) is 27.2. The lowest BCUT2D eigenvalue weighted by molar-refractivity contribution is 0.250. The summed E-state index contributed by atoms with van der Waals surface area (Å²) in [6.07, 6.45) is 4.47. The van der Waals surface area contributed by atoms with Crippen LogP contribution in [-0.4, -0.2) is 16.3 Å². The minimum Gasteiger partial charge on any atom is -0.330 e. The Hall–Kier alpha value is -0.830. The molecule has 13 heavy (non-hydrogen) atoms. The van der Waals surface area contributed by atoms with E-state index in [-0.39, 0.29) is 0 Å². The summed E-state index contributed by atoms with van der Waals surface area (Å²) in [6.45, 7) is 3.92. The average molecular weight is 179 g/mol. The summed E-state index contributed by atoms with van der Waals surface area (Å²) in [7, 11) is 0. The Kier molecular flexibility index (Phi) is 2.36. The molecule has 3 nitrogen and oxygen atoms in total. The van der Waals surface area contributed by atoms with Crippen LogP contribution in [0.15, 0.2) is 12.3 Å². The number of hydrogen-bond acceptors (Lipinski definition) is 2. The Balaban J connectivity index is 2.15. The van der Waals surface area contributed by atoms with Gasteiger partial charge in [0.05, 0.1) is 0 Å². The molecule has 2 unspecified atom stereocenters. The Morgan fingerprint density at radius 2 is 2.46 bits per heavy atom. The third-order valence-corrected chi connectivity index (χ3v) is 3.15. The largest absolute Gasteiger partial charge is 0.330 e. The maximum atomic E-state index is 5.69. The zero-order valence-corrected chi connectivity index (χ0v) is 8.11. The van der Waals surface area contributed by atoms with Gasteiger partial charge < -0.3 is 5.73 Å². The molecule has 3 heteroatoms. The molecule has 1 heterocycles. The van der Waals surface area contributed by atoms with Gasteiger partial charge in [0.25, 0.3) is 0 Å². The molecule has 1 aromatic rings. The summed E-state index contributed by atoms with van der Waals surface area (Å²) in [5.74, 6) is 1.37. The van der Waals surface area contributed by atoms with Crippen LogP contribution in [0.3, 0.4) is 0 Å². The van der Waals surface area contributed by atoms with Gasteiger partial charge in [-0.3, -0.25) is 4.68 Å². The Morgan fingerprint density at radius 1 is 1.62 bits per heavy atom. The number of nitrogens with zero attached hydrogens (tertiary/aromatic N) is 2. The van der Waals surface area contributed by atoms with Crippen molar-refractivity contribution in [2.75, 3.05) is 6.54 Å². The maximum Gasteiger partial charge on any atom is 0.0492 e. The number of rotatable bonds is 3. The van der Waals surface area contributed by atoms with E-state index in [2.05, 4.69) is 22.8 Å². The van der Waals surface area contributed by atoms with Crippen molar-refractivity contribution in [3.63, 3.8) is 0 Å².